The summed E-state index contributed by atoms with van der Waals surface area (Å²) in [6.45, 7) is 10.5. The third kappa shape index (κ3) is 5.07. The number of piperidine rings is 1. The summed E-state index contributed by atoms with van der Waals surface area (Å²) in [4.78, 5) is 8.12. The third-order valence-corrected chi connectivity index (χ3v) is 9.75. The molecule has 4 heteroatoms. The average Bonchev–Trinajstić information content (AvgIpc) is 3.64. The van der Waals surface area contributed by atoms with Crippen molar-refractivity contribution in [2.24, 2.45) is 11.3 Å². The number of hydrogen-bond donors (Lipinski definition) is 0. The lowest BCUT2D eigenvalue weighted by molar-refractivity contribution is 0.0517. The van der Waals surface area contributed by atoms with Gasteiger partial charge in [0.05, 0.1) is 0 Å². The van der Waals surface area contributed by atoms with E-state index < -0.39 is 0 Å². The fraction of sp³-hybridized carbons (Fsp3) is 0.793. The fourth-order valence-electron chi connectivity index (χ4n) is 7.19. The molecular weight excluding hydrogens is 406 g/mol. The van der Waals surface area contributed by atoms with Gasteiger partial charge in [-0.2, -0.15) is 0 Å². The number of nitrogens with zero attached hydrogens (tertiary/aromatic N) is 3. The van der Waals surface area contributed by atoms with Crippen molar-refractivity contribution in [3.05, 3.63) is 23.8 Å². The Hall–Kier alpha value is -1.26. The molecule has 2 saturated carbocycles. The van der Waals surface area contributed by atoms with E-state index in [1.54, 1.807) is 11.3 Å². The Labute approximate surface area is 201 Å². The zero-order valence-corrected chi connectivity index (χ0v) is 20.8. The van der Waals surface area contributed by atoms with E-state index in [9.17, 15) is 0 Å². The molecule has 0 N–H and O–H groups in total. The molecule has 1 spiro atoms. The first-order valence-electron chi connectivity index (χ1n) is 14.2. The highest BCUT2D eigenvalue weighted by molar-refractivity contribution is 5.63. The molecule has 182 valence electrons. The lowest BCUT2D eigenvalue weighted by atomic mass is 9.76. The Balaban J connectivity index is 1.16. The predicted octanol–water partition coefficient (Wildman–Crippen LogP) is 5.66. The van der Waals surface area contributed by atoms with Crippen LogP contribution in [0.5, 0.6) is 0 Å². The molecular formula is C29H45N3O. The van der Waals surface area contributed by atoms with Gasteiger partial charge in [-0.25, -0.2) is 0 Å². The van der Waals surface area contributed by atoms with Crippen LogP contribution in [0, 0.1) is 11.3 Å². The zero-order chi connectivity index (χ0) is 22.1. The number of ether oxygens (including phenoxy) is 1. The van der Waals surface area contributed by atoms with Crippen molar-refractivity contribution in [1.82, 2.24) is 4.90 Å². The highest BCUT2D eigenvalue weighted by Crippen LogP contribution is 2.59. The Kier molecular flexibility index (Phi) is 6.58. The third-order valence-electron chi connectivity index (χ3n) is 9.75. The molecule has 1 aromatic carbocycles. The van der Waals surface area contributed by atoms with Crippen molar-refractivity contribution >= 4 is 11.4 Å². The van der Waals surface area contributed by atoms with Gasteiger partial charge in [-0.3, -0.25) is 4.90 Å². The number of rotatable bonds is 5. The van der Waals surface area contributed by atoms with Crippen molar-refractivity contribution < 1.29 is 4.74 Å². The summed E-state index contributed by atoms with van der Waals surface area (Å²) in [6, 6.07) is 7.59. The summed E-state index contributed by atoms with van der Waals surface area (Å²) >= 11 is 0. The minimum Gasteiger partial charge on any atom is -0.381 e. The van der Waals surface area contributed by atoms with Crippen molar-refractivity contribution in [3.63, 3.8) is 0 Å². The molecule has 0 radical (unpaired) electrons. The van der Waals surface area contributed by atoms with Gasteiger partial charge in [0.1, 0.15) is 0 Å². The lowest BCUT2D eigenvalue weighted by Gasteiger charge is -2.40. The van der Waals surface area contributed by atoms with E-state index in [4.69, 9.17) is 4.74 Å². The summed E-state index contributed by atoms with van der Waals surface area (Å²) in [5.41, 5.74) is 5.53. The quantitative estimate of drug-likeness (QED) is 0.575. The standard InChI is InChI=1S/C29H45N3O/c1-2-14-31(15-3-1)26-4-5-28(27(22-26)25-6-10-29(11-7-25)12-13-29)32-18-16-30(17-19-32)23-24-8-20-33-21-9-24/h4-5,22,24-25H,1-3,6-21,23H2. The molecule has 0 bridgehead atoms. The topological polar surface area (TPSA) is 19.0 Å². The maximum atomic E-state index is 5.57. The molecule has 2 aliphatic carbocycles. The van der Waals surface area contributed by atoms with E-state index in [2.05, 4.69) is 32.9 Å². The minimum atomic E-state index is 0.774. The van der Waals surface area contributed by atoms with Crippen LogP contribution >= 0.6 is 0 Å². The Morgan fingerprint density at radius 2 is 1.48 bits per heavy atom. The number of hydrogen-bond acceptors (Lipinski definition) is 4. The van der Waals surface area contributed by atoms with Crippen molar-refractivity contribution in [2.45, 2.75) is 76.5 Å². The second-order valence-electron chi connectivity index (χ2n) is 11.9. The summed E-state index contributed by atoms with van der Waals surface area (Å²) in [6.07, 6.45) is 15.4. The molecule has 0 aromatic heterocycles. The van der Waals surface area contributed by atoms with E-state index in [1.807, 2.05) is 0 Å². The second-order valence-corrected chi connectivity index (χ2v) is 11.9. The van der Waals surface area contributed by atoms with E-state index in [0.717, 1.165) is 30.5 Å². The smallest absolute Gasteiger partial charge is 0.0469 e. The first-order valence-corrected chi connectivity index (χ1v) is 14.2. The fourth-order valence-corrected chi connectivity index (χ4v) is 7.19. The van der Waals surface area contributed by atoms with Crippen LogP contribution in [0.25, 0.3) is 0 Å². The zero-order valence-electron chi connectivity index (χ0n) is 20.8. The highest BCUT2D eigenvalue weighted by atomic mass is 16.5. The van der Waals surface area contributed by atoms with Gasteiger partial charge in [0, 0.05) is 70.4 Å². The molecule has 3 saturated heterocycles. The van der Waals surface area contributed by atoms with Crippen molar-refractivity contribution in [3.8, 4) is 0 Å². The normalized spacial score (nSPS) is 27.3. The summed E-state index contributed by atoms with van der Waals surface area (Å²) in [5, 5.41) is 0. The first kappa shape index (κ1) is 22.2. The predicted molar refractivity (Wildman–Crippen MR) is 138 cm³/mol. The molecule has 4 nitrogen and oxygen atoms in total. The molecule has 6 rings (SSSR count). The molecule has 3 aliphatic heterocycles. The molecule has 33 heavy (non-hydrogen) atoms. The highest BCUT2D eigenvalue weighted by Gasteiger charge is 2.45. The molecule has 0 atom stereocenters. The first-order chi connectivity index (χ1) is 16.3. The second kappa shape index (κ2) is 9.77. The Bertz CT molecular complexity index is 776. The van der Waals surface area contributed by atoms with Crippen LogP contribution in [-0.4, -0.2) is 63.9 Å². The molecule has 5 aliphatic rings. The number of benzene rings is 1. The van der Waals surface area contributed by atoms with Crippen LogP contribution in [0.15, 0.2) is 18.2 Å². The van der Waals surface area contributed by atoms with Gasteiger partial charge < -0.3 is 14.5 Å². The van der Waals surface area contributed by atoms with Gasteiger partial charge in [-0.05, 0) is 112 Å². The maximum absolute atomic E-state index is 5.57. The Morgan fingerprint density at radius 1 is 0.758 bits per heavy atom. The van der Waals surface area contributed by atoms with Gasteiger partial charge in [0.2, 0.25) is 0 Å². The maximum Gasteiger partial charge on any atom is 0.0469 e. The van der Waals surface area contributed by atoms with Crippen LogP contribution in [0.1, 0.15) is 82.1 Å². The van der Waals surface area contributed by atoms with E-state index in [1.165, 1.54) is 122 Å². The summed E-state index contributed by atoms with van der Waals surface area (Å²) in [7, 11) is 0. The average molecular weight is 452 g/mol. The van der Waals surface area contributed by atoms with Gasteiger partial charge in [0.15, 0.2) is 0 Å². The largest absolute Gasteiger partial charge is 0.381 e. The summed E-state index contributed by atoms with van der Waals surface area (Å²) in [5.74, 6) is 1.62. The van der Waals surface area contributed by atoms with Crippen LogP contribution in [0.4, 0.5) is 11.4 Å². The molecule has 5 fully saturated rings. The van der Waals surface area contributed by atoms with Crippen LogP contribution in [-0.2, 0) is 4.74 Å². The van der Waals surface area contributed by atoms with Gasteiger partial charge in [-0.1, -0.05) is 0 Å². The van der Waals surface area contributed by atoms with Crippen LogP contribution in [0.2, 0.25) is 0 Å². The number of anilines is 2. The SMILES string of the molecule is c1cc(N2CCN(CC3CCOCC3)CC2)c(C2CCC3(CC2)CC3)cc1N1CCCCC1. The van der Waals surface area contributed by atoms with Crippen LogP contribution in [0.3, 0.4) is 0 Å². The summed E-state index contributed by atoms with van der Waals surface area (Å²) < 4.78 is 5.57. The van der Waals surface area contributed by atoms with Crippen molar-refractivity contribution in [1.29, 1.82) is 0 Å². The molecule has 0 amide bonds. The molecule has 1 aromatic rings. The van der Waals surface area contributed by atoms with Crippen molar-refractivity contribution in [2.75, 3.05) is 68.8 Å². The van der Waals surface area contributed by atoms with E-state index in [-0.39, 0.29) is 0 Å². The van der Waals surface area contributed by atoms with Gasteiger partial charge in [0.25, 0.3) is 0 Å². The lowest BCUT2D eigenvalue weighted by Crippen LogP contribution is -2.48. The monoisotopic (exact) mass is 451 g/mol. The van der Waals surface area contributed by atoms with E-state index in [0.29, 0.717) is 0 Å². The minimum absolute atomic E-state index is 0.774. The molecule has 0 unspecified atom stereocenters. The van der Waals surface area contributed by atoms with Crippen LogP contribution < -0.4 is 9.80 Å². The Morgan fingerprint density at radius 3 is 2.18 bits per heavy atom. The molecule has 3 heterocycles. The van der Waals surface area contributed by atoms with Gasteiger partial charge in [-0.15, -0.1) is 0 Å². The van der Waals surface area contributed by atoms with E-state index >= 15 is 0 Å². The van der Waals surface area contributed by atoms with Gasteiger partial charge >= 0.3 is 0 Å². The number of piperazine rings is 1.